The van der Waals surface area contributed by atoms with Crippen LogP contribution in [0.15, 0.2) is 30.6 Å². The fourth-order valence-electron chi connectivity index (χ4n) is 1.16. The van der Waals surface area contributed by atoms with Crippen molar-refractivity contribution in [2.24, 2.45) is 7.05 Å². The van der Waals surface area contributed by atoms with E-state index < -0.39 is 0 Å². The second-order valence-corrected chi connectivity index (χ2v) is 2.78. The minimum Gasteiger partial charge on any atom is -0.384 e. The Bertz CT molecular complexity index is 405. The predicted octanol–water partition coefficient (Wildman–Crippen LogP) is 1.06. The second-order valence-electron chi connectivity index (χ2n) is 2.78. The van der Waals surface area contributed by atoms with Crippen LogP contribution in [0.2, 0.25) is 0 Å². The Balaban J connectivity index is 2.53. The molecule has 2 aromatic rings. The SMILES string of the molecule is Cn1c(N)cnc1-c1ccccn1. The monoisotopic (exact) mass is 174 g/mol. The highest BCUT2D eigenvalue weighted by atomic mass is 15.1. The number of imidazole rings is 1. The lowest BCUT2D eigenvalue weighted by Gasteiger charge is -2.00. The van der Waals surface area contributed by atoms with Crippen LogP contribution in [0.3, 0.4) is 0 Å². The highest BCUT2D eigenvalue weighted by Crippen LogP contribution is 2.15. The second kappa shape index (κ2) is 2.90. The number of hydrogen-bond donors (Lipinski definition) is 1. The summed E-state index contributed by atoms with van der Waals surface area (Å²) in [7, 11) is 1.87. The van der Waals surface area contributed by atoms with Gasteiger partial charge < -0.3 is 10.3 Å². The summed E-state index contributed by atoms with van der Waals surface area (Å²) in [6, 6.07) is 5.70. The zero-order valence-corrected chi connectivity index (χ0v) is 7.31. The molecule has 2 heterocycles. The van der Waals surface area contributed by atoms with Crippen LogP contribution in [0.25, 0.3) is 11.5 Å². The maximum atomic E-state index is 5.65. The lowest BCUT2D eigenvalue weighted by Crippen LogP contribution is -1.98. The molecule has 0 fully saturated rings. The summed E-state index contributed by atoms with van der Waals surface area (Å²) in [6.45, 7) is 0. The van der Waals surface area contributed by atoms with Crippen LogP contribution in [0.4, 0.5) is 5.82 Å². The topological polar surface area (TPSA) is 56.7 Å². The average molecular weight is 174 g/mol. The van der Waals surface area contributed by atoms with Gasteiger partial charge in [-0.25, -0.2) is 4.98 Å². The van der Waals surface area contributed by atoms with Gasteiger partial charge in [0.25, 0.3) is 0 Å². The van der Waals surface area contributed by atoms with Gasteiger partial charge in [0, 0.05) is 13.2 Å². The van der Waals surface area contributed by atoms with Gasteiger partial charge in [-0.3, -0.25) is 4.98 Å². The van der Waals surface area contributed by atoms with Crippen LogP contribution in [-0.2, 0) is 7.05 Å². The molecule has 0 saturated carbocycles. The third-order valence-electron chi connectivity index (χ3n) is 1.92. The average Bonchev–Trinajstić information content (AvgIpc) is 2.49. The van der Waals surface area contributed by atoms with Crippen molar-refractivity contribution >= 4 is 5.82 Å². The number of anilines is 1. The van der Waals surface area contributed by atoms with Crippen LogP contribution in [0.1, 0.15) is 0 Å². The molecule has 4 nitrogen and oxygen atoms in total. The van der Waals surface area contributed by atoms with Gasteiger partial charge in [-0.1, -0.05) is 6.07 Å². The van der Waals surface area contributed by atoms with Crippen molar-refractivity contribution < 1.29 is 0 Å². The van der Waals surface area contributed by atoms with E-state index >= 15 is 0 Å². The van der Waals surface area contributed by atoms with Crippen LogP contribution in [-0.4, -0.2) is 14.5 Å². The normalized spacial score (nSPS) is 10.2. The summed E-state index contributed by atoms with van der Waals surface area (Å²) in [5.41, 5.74) is 6.49. The van der Waals surface area contributed by atoms with Crippen molar-refractivity contribution in [2.75, 3.05) is 5.73 Å². The Kier molecular flexibility index (Phi) is 1.73. The van der Waals surface area contributed by atoms with E-state index in [0.29, 0.717) is 5.82 Å². The molecular weight excluding hydrogens is 164 g/mol. The molecule has 2 aromatic heterocycles. The minimum absolute atomic E-state index is 0.639. The zero-order chi connectivity index (χ0) is 9.26. The highest BCUT2D eigenvalue weighted by Gasteiger charge is 2.05. The molecule has 0 bridgehead atoms. The lowest BCUT2D eigenvalue weighted by atomic mass is 10.3. The number of nitrogens with two attached hydrogens (primary N) is 1. The number of nitrogens with zero attached hydrogens (tertiary/aromatic N) is 3. The molecule has 0 saturated heterocycles. The summed E-state index contributed by atoms with van der Waals surface area (Å²) in [4.78, 5) is 8.35. The molecule has 2 rings (SSSR count). The first kappa shape index (κ1) is 7.79. The Hall–Kier alpha value is -1.84. The van der Waals surface area contributed by atoms with E-state index in [1.54, 1.807) is 12.4 Å². The summed E-state index contributed by atoms with van der Waals surface area (Å²) < 4.78 is 1.81. The standard InChI is InChI=1S/C9H10N4/c1-13-8(10)6-12-9(13)7-4-2-3-5-11-7/h2-6H,10H2,1H3. The van der Waals surface area contributed by atoms with Crippen molar-refractivity contribution in [1.82, 2.24) is 14.5 Å². The van der Waals surface area contributed by atoms with E-state index in [4.69, 9.17) is 5.73 Å². The summed E-state index contributed by atoms with van der Waals surface area (Å²) >= 11 is 0. The van der Waals surface area contributed by atoms with Crippen LogP contribution in [0, 0.1) is 0 Å². The van der Waals surface area contributed by atoms with E-state index in [-0.39, 0.29) is 0 Å². The number of hydrogen-bond acceptors (Lipinski definition) is 3. The maximum Gasteiger partial charge on any atom is 0.159 e. The first-order valence-corrected chi connectivity index (χ1v) is 3.97. The first-order chi connectivity index (χ1) is 6.29. The van der Waals surface area contributed by atoms with Crippen LogP contribution >= 0.6 is 0 Å². The fourth-order valence-corrected chi connectivity index (χ4v) is 1.16. The van der Waals surface area contributed by atoms with Crippen LogP contribution in [0.5, 0.6) is 0 Å². The van der Waals surface area contributed by atoms with E-state index in [1.165, 1.54) is 0 Å². The molecule has 0 atom stereocenters. The van der Waals surface area contributed by atoms with Gasteiger partial charge in [0.2, 0.25) is 0 Å². The van der Waals surface area contributed by atoms with E-state index in [2.05, 4.69) is 9.97 Å². The molecular formula is C9H10N4. The molecule has 0 aliphatic heterocycles. The van der Waals surface area contributed by atoms with Gasteiger partial charge in [0.15, 0.2) is 5.82 Å². The van der Waals surface area contributed by atoms with Gasteiger partial charge in [-0.15, -0.1) is 0 Å². The molecule has 13 heavy (non-hydrogen) atoms. The molecule has 66 valence electrons. The zero-order valence-electron chi connectivity index (χ0n) is 7.31. The molecule has 0 aromatic carbocycles. The maximum absolute atomic E-state index is 5.65. The largest absolute Gasteiger partial charge is 0.384 e. The van der Waals surface area contributed by atoms with Crippen molar-refractivity contribution in [3.63, 3.8) is 0 Å². The van der Waals surface area contributed by atoms with Crippen molar-refractivity contribution in [2.45, 2.75) is 0 Å². The Labute approximate surface area is 76.1 Å². The molecule has 0 spiro atoms. The van der Waals surface area contributed by atoms with Gasteiger partial charge in [-0.2, -0.15) is 0 Å². The van der Waals surface area contributed by atoms with Crippen LogP contribution < -0.4 is 5.73 Å². The van der Waals surface area contributed by atoms with Crippen molar-refractivity contribution in [1.29, 1.82) is 0 Å². The van der Waals surface area contributed by atoms with E-state index in [1.807, 2.05) is 29.8 Å². The number of pyridine rings is 1. The third-order valence-corrected chi connectivity index (χ3v) is 1.92. The first-order valence-electron chi connectivity index (χ1n) is 3.97. The molecule has 0 aliphatic carbocycles. The van der Waals surface area contributed by atoms with Gasteiger partial charge in [-0.05, 0) is 12.1 Å². The summed E-state index contributed by atoms with van der Waals surface area (Å²) in [5, 5.41) is 0. The van der Waals surface area contributed by atoms with E-state index in [0.717, 1.165) is 11.5 Å². The Morgan fingerprint density at radius 2 is 2.15 bits per heavy atom. The smallest absolute Gasteiger partial charge is 0.159 e. The van der Waals surface area contributed by atoms with Gasteiger partial charge >= 0.3 is 0 Å². The highest BCUT2D eigenvalue weighted by molar-refractivity contribution is 5.53. The summed E-state index contributed by atoms with van der Waals surface area (Å²) in [6.07, 6.45) is 3.37. The van der Waals surface area contributed by atoms with Gasteiger partial charge in [0.05, 0.1) is 6.20 Å². The number of aromatic nitrogens is 3. The molecule has 4 heteroatoms. The fraction of sp³-hybridized carbons (Fsp3) is 0.111. The minimum atomic E-state index is 0.639. The lowest BCUT2D eigenvalue weighted by molar-refractivity contribution is 0.929. The molecule has 0 radical (unpaired) electrons. The summed E-state index contributed by atoms with van der Waals surface area (Å²) in [5.74, 6) is 1.43. The van der Waals surface area contributed by atoms with E-state index in [9.17, 15) is 0 Å². The third kappa shape index (κ3) is 1.26. The quantitative estimate of drug-likeness (QED) is 0.703. The molecule has 2 N–H and O–H groups in total. The van der Waals surface area contributed by atoms with Crippen molar-refractivity contribution in [3.05, 3.63) is 30.6 Å². The Morgan fingerprint density at radius 3 is 2.69 bits per heavy atom. The predicted molar refractivity (Wildman–Crippen MR) is 50.9 cm³/mol. The molecule has 0 amide bonds. The molecule has 0 unspecified atom stereocenters. The Morgan fingerprint density at radius 1 is 1.31 bits per heavy atom. The van der Waals surface area contributed by atoms with Gasteiger partial charge in [0.1, 0.15) is 11.5 Å². The van der Waals surface area contributed by atoms with Crippen molar-refractivity contribution in [3.8, 4) is 11.5 Å². The number of nitrogen functional groups attached to an aromatic ring is 1. The molecule has 0 aliphatic rings. The number of rotatable bonds is 1.